The number of benzene rings is 1. The van der Waals surface area contributed by atoms with Crippen molar-refractivity contribution in [2.75, 3.05) is 5.32 Å². The van der Waals surface area contributed by atoms with Crippen LogP contribution < -0.4 is 11.1 Å². The predicted octanol–water partition coefficient (Wildman–Crippen LogP) is 2.52. The number of halogens is 1. The van der Waals surface area contributed by atoms with Crippen LogP contribution in [0.25, 0.3) is 0 Å². The number of carbonyl (C=O) groups excluding carboxylic acids is 1. The van der Waals surface area contributed by atoms with Gasteiger partial charge in [-0.2, -0.15) is 5.26 Å². The van der Waals surface area contributed by atoms with Crippen molar-refractivity contribution < 1.29 is 9.21 Å². The van der Waals surface area contributed by atoms with Crippen molar-refractivity contribution in [2.24, 2.45) is 5.73 Å². The minimum atomic E-state index is -0.411. The minimum absolute atomic E-state index is 0.161. The second kappa shape index (κ2) is 5.57. The summed E-state index contributed by atoms with van der Waals surface area (Å²) in [6.07, 6.45) is 0. The Kier molecular flexibility index (Phi) is 3.85. The van der Waals surface area contributed by atoms with Gasteiger partial charge in [-0.15, -0.1) is 0 Å². The Morgan fingerprint density at radius 2 is 2.21 bits per heavy atom. The minimum Gasteiger partial charge on any atom is -0.455 e. The zero-order valence-corrected chi connectivity index (χ0v) is 10.6. The van der Waals surface area contributed by atoms with Gasteiger partial charge in [0, 0.05) is 5.69 Å². The lowest BCUT2D eigenvalue weighted by Crippen LogP contribution is -2.11. The summed E-state index contributed by atoms with van der Waals surface area (Å²) < 4.78 is 5.22. The van der Waals surface area contributed by atoms with Gasteiger partial charge in [0.2, 0.25) is 0 Å². The number of nitrogens with two attached hydrogens (primary N) is 1. The Bertz CT molecular complexity index is 658. The van der Waals surface area contributed by atoms with E-state index >= 15 is 0 Å². The van der Waals surface area contributed by atoms with Crippen LogP contribution >= 0.6 is 11.6 Å². The van der Waals surface area contributed by atoms with Gasteiger partial charge < -0.3 is 15.5 Å². The molecule has 2 rings (SSSR count). The average molecular weight is 276 g/mol. The Morgan fingerprint density at radius 1 is 1.42 bits per heavy atom. The van der Waals surface area contributed by atoms with Crippen molar-refractivity contribution in [1.29, 1.82) is 5.26 Å². The van der Waals surface area contributed by atoms with Crippen LogP contribution in [0.3, 0.4) is 0 Å². The third-order valence-electron chi connectivity index (χ3n) is 2.43. The summed E-state index contributed by atoms with van der Waals surface area (Å²) in [6.45, 7) is 0.229. The number of nitriles is 1. The molecule has 0 fully saturated rings. The SMILES string of the molecule is N#Cc1cc(NC(=O)c2ccc(CN)o2)ccc1Cl. The van der Waals surface area contributed by atoms with Gasteiger partial charge >= 0.3 is 0 Å². The predicted molar refractivity (Wildman–Crippen MR) is 70.7 cm³/mol. The number of hydrogen-bond donors (Lipinski definition) is 2. The maximum absolute atomic E-state index is 11.9. The largest absolute Gasteiger partial charge is 0.455 e. The Balaban J connectivity index is 2.17. The molecular formula is C13H10ClN3O2. The zero-order chi connectivity index (χ0) is 13.8. The number of hydrogen-bond acceptors (Lipinski definition) is 4. The van der Waals surface area contributed by atoms with E-state index < -0.39 is 5.91 Å². The van der Waals surface area contributed by atoms with Crippen LogP contribution in [0.1, 0.15) is 21.9 Å². The van der Waals surface area contributed by atoms with Crippen molar-refractivity contribution in [3.63, 3.8) is 0 Å². The fourth-order valence-corrected chi connectivity index (χ4v) is 1.65. The van der Waals surface area contributed by atoms with E-state index in [0.29, 0.717) is 22.0 Å². The van der Waals surface area contributed by atoms with Crippen molar-refractivity contribution in [3.05, 3.63) is 52.4 Å². The zero-order valence-electron chi connectivity index (χ0n) is 9.81. The summed E-state index contributed by atoms with van der Waals surface area (Å²) >= 11 is 5.80. The second-order valence-corrected chi connectivity index (χ2v) is 4.14. The van der Waals surface area contributed by atoms with Crippen molar-refractivity contribution in [3.8, 4) is 6.07 Å². The molecule has 0 saturated heterocycles. The lowest BCUT2D eigenvalue weighted by Gasteiger charge is -2.04. The van der Waals surface area contributed by atoms with E-state index in [4.69, 9.17) is 27.0 Å². The molecule has 1 heterocycles. The van der Waals surface area contributed by atoms with Gasteiger partial charge in [-0.3, -0.25) is 4.79 Å². The first-order valence-corrected chi connectivity index (χ1v) is 5.81. The van der Waals surface area contributed by atoms with Crippen LogP contribution in [0.4, 0.5) is 5.69 Å². The third-order valence-corrected chi connectivity index (χ3v) is 2.76. The molecule has 1 aromatic heterocycles. The molecule has 6 heteroatoms. The van der Waals surface area contributed by atoms with E-state index in [0.717, 1.165) is 0 Å². The molecule has 96 valence electrons. The van der Waals surface area contributed by atoms with Crippen LogP contribution in [0.2, 0.25) is 5.02 Å². The van der Waals surface area contributed by atoms with Gasteiger partial charge in [0.15, 0.2) is 5.76 Å². The molecule has 19 heavy (non-hydrogen) atoms. The number of furan rings is 1. The highest BCUT2D eigenvalue weighted by molar-refractivity contribution is 6.31. The summed E-state index contributed by atoms with van der Waals surface area (Å²) in [7, 11) is 0. The first-order chi connectivity index (χ1) is 9.13. The molecule has 1 amide bonds. The first-order valence-electron chi connectivity index (χ1n) is 5.44. The molecule has 3 N–H and O–H groups in total. The van der Waals surface area contributed by atoms with Crippen molar-refractivity contribution in [1.82, 2.24) is 0 Å². The molecule has 0 saturated carbocycles. The average Bonchev–Trinajstić information content (AvgIpc) is 2.90. The maximum atomic E-state index is 11.9. The highest BCUT2D eigenvalue weighted by atomic mass is 35.5. The third kappa shape index (κ3) is 2.94. The summed E-state index contributed by atoms with van der Waals surface area (Å²) in [6, 6.07) is 9.76. The number of nitrogens with zero attached hydrogens (tertiary/aromatic N) is 1. The highest BCUT2D eigenvalue weighted by Gasteiger charge is 2.11. The molecular weight excluding hydrogens is 266 g/mol. The molecule has 0 aliphatic heterocycles. The molecule has 0 unspecified atom stereocenters. The van der Waals surface area contributed by atoms with Gasteiger partial charge in [0.05, 0.1) is 17.1 Å². The Labute approximate surface area is 114 Å². The van der Waals surface area contributed by atoms with E-state index in [9.17, 15) is 4.79 Å². The van der Waals surface area contributed by atoms with Crippen LogP contribution in [0.15, 0.2) is 34.7 Å². The highest BCUT2D eigenvalue weighted by Crippen LogP contribution is 2.20. The summed E-state index contributed by atoms with van der Waals surface area (Å²) in [5.41, 5.74) is 6.16. The fourth-order valence-electron chi connectivity index (χ4n) is 1.49. The normalized spacial score (nSPS) is 9.95. The Hall–Kier alpha value is -2.29. The van der Waals surface area contributed by atoms with Gasteiger partial charge in [-0.25, -0.2) is 0 Å². The first kappa shape index (κ1) is 13.1. The lowest BCUT2D eigenvalue weighted by molar-refractivity contribution is 0.0995. The Morgan fingerprint density at radius 3 is 2.84 bits per heavy atom. The van der Waals surface area contributed by atoms with Crippen LogP contribution in [-0.2, 0) is 6.54 Å². The molecule has 0 atom stereocenters. The number of nitrogens with one attached hydrogen (secondary N) is 1. The smallest absolute Gasteiger partial charge is 0.291 e. The molecule has 0 radical (unpaired) electrons. The van der Waals surface area contributed by atoms with Gasteiger partial charge in [-0.1, -0.05) is 11.6 Å². The molecule has 0 spiro atoms. The van der Waals surface area contributed by atoms with Crippen molar-refractivity contribution in [2.45, 2.75) is 6.54 Å². The van der Waals surface area contributed by atoms with E-state index in [2.05, 4.69) is 5.32 Å². The molecule has 0 aliphatic rings. The second-order valence-electron chi connectivity index (χ2n) is 3.73. The van der Waals surface area contributed by atoms with E-state index in [-0.39, 0.29) is 12.3 Å². The van der Waals surface area contributed by atoms with Gasteiger partial charge in [-0.05, 0) is 30.3 Å². The van der Waals surface area contributed by atoms with Crippen LogP contribution in [0.5, 0.6) is 0 Å². The van der Waals surface area contributed by atoms with Crippen LogP contribution in [-0.4, -0.2) is 5.91 Å². The van der Waals surface area contributed by atoms with E-state index in [1.165, 1.54) is 6.07 Å². The number of rotatable bonds is 3. The fraction of sp³-hybridized carbons (Fsp3) is 0.0769. The van der Waals surface area contributed by atoms with Crippen molar-refractivity contribution >= 4 is 23.2 Å². The van der Waals surface area contributed by atoms with Gasteiger partial charge in [0.1, 0.15) is 11.8 Å². The summed E-state index contributed by atoms with van der Waals surface area (Å²) in [5.74, 6) is 0.277. The molecule has 2 aromatic rings. The quantitative estimate of drug-likeness (QED) is 0.900. The monoisotopic (exact) mass is 275 g/mol. The van der Waals surface area contributed by atoms with E-state index in [1.54, 1.807) is 24.3 Å². The summed E-state index contributed by atoms with van der Waals surface area (Å²) in [4.78, 5) is 11.9. The summed E-state index contributed by atoms with van der Waals surface area (Å²) in [5, 5.41) is 11.8. The number of carbonyl (C=O) groups is 1. The number of anilines is 1. The molecule has 1 aromatic carbocycles. The van der Waals surface area contributed by atoms with Crippen LogP contribution in [0, 0.1) is 11.3 Å². The topological polar surface area (TPSA) is 92.0 Å². The maximum Gasteiger partial charge on any atom is 0.291 e. The van der Waals surface area contributed by atoms with Gasteiger partial charge in [0.25, 0.3) is 5.91 Å². The van der Waals surface area contributed by atoms with E-state index in [1.807, 2.05) is 6.07 Å². The standard InChI is InChI=1S/C13H10ClN3O2/c14-11-3-1-9(5-8(11)6-15)17-13(18)12-4-2-10(7-16)19-12/h1-5H,7,16H2,(H,17,18). The molecule has 5 nitrogen and oxygen atoms in total. The molecule has 0 bridgehead atoms. The molecule has 0 aliphatic carbocycles. The lowest BCUT2D eigenvalue weighted by atomic mass is 10.2. The number of amides is 1.